The molecule has 0 bridgehead atoms. The minimum atomic E-state index is -1.36. The number of aromatic nitrogens is 2. The van der Waals surface area contributed by atoms with Crippen molar-refractivity contribution in [1.29, 1.82) is 0 Å². The van der Waals surface area contributed by atoms with Crippen LogP contribution in [0.3, 0.4) is 0 Å². The molecule has 3 heterocycles. The Hall–Kier alpha value is -1.75. The number of carbonyl (C=O) groups excluding carboxylic acids is 1. The minimum Gasteiger partial charge on any atom is -0.399 e. The zero-order valence-electron chi connectivity index (χ0n) is 16.2. The number of anilines is 1. The van der Waals surface area contributed by atoms with Crippen molar-refractivity contribution in [2.75, 3.05) is 25.0 Å². The average Bonchev–Trinajstić information content (AvgIpc) is 3.16. The molecule has 2 atom stereocenters. The Balaban J connectivity index is 1.57. The molecule has 0 spiro atoms. The zero-order chi connectivity index (χ0) is 19.8. The number of aliphatic hydroxyl groups is 2. The van der Waals surface area contributed by atoms with Crippen LogP contribution in [0.15, 0.2) is 12.4 Å². The number of amides is 1. The van der Waals surface area contributed by atoms with Crippen LogP contribution < -0.4 is 10.8 Å². The molecule has 3 rings (SSSR count). The van der Waals surface area contributed by atoms with E-state index >= 15 is 0 Å². The van der Waals surface area contributed by atoms with Crippen LogP contribution >= 0.6 is 0 Å². The summed E-state index contributed by atoms with van der Waals surface area (Å²) in [7, 11) is -0.511. The van der Waals surface area contributed by atoms with Gasteiger partial charge < -0.3 is 29.7 Å². The molecule has 148 valence electrons. The van der Waals surface area contributed by atoms with Crippen molar-refractivity contribution in [2.24, 2.45) is 0 Å². The van der Waals surface area contributed by atoms with Gasteiger partial charge in [0.05, 0.1) is 17.8 Å². The SMILES string of the molecule is CC1(C)OB(c2cnc(N[C@@H]3CCN(C(=O)[C@H](O)CO)C3)nc2)OC1(C)C. The first-order chi connectivity index (χ1) is 12.6. The number of aliphatic hydroxyl groups excluding tert-OH is 2. The maximum absolute atomic E-state index is 11.9. The number of carbonyl (C=O) groups is 1. The average molecular weight is 378 g/mol. The van der Waals surface area contributed by atoms with E-state index in [4.69, 9.17) is 14.4 Å². The van der Waals surface area contributed by atoms with E-state index in [0.717, 1.165) is 5.46 Å². The fourth-order valence-electron chi connectivity index (χ4n) is 3.06. The molecule has 0 radical (unpaired) electrons. The highest BCUT2D eigenvalue weighted by Gasteiger charge is 2.52. The van der Waals surface area contributed by atoms with Crippen LogP contribution in [-0.4, -0.2) is 81.2 Å². The predicted octanol–water partition coefficient (Wildman–Crippen LogP) is -0.858. The van der Waals surface area contributed by atoms with Crippen LogP contribution in [0.4, 0.5) is 5.95 Å². The lowest BCUT2D eigenvalue weighted by Crippen LogP contribution is -2.41. The first-order valence-corrected chi connectivity index (χ1v) is 9.15. The van der Waals surface area contributed by atoms with Gasteiger partial charge in [-0.25, -0.2) is 9.97 Å². The molecule has 0 aromatic carbocycles. The Morgan fingerprint density at radius 1 is 1.33 bits per heavy atom. The molecule has 1 aromatic heterocycles. The van der Waals surface area contributed by atoms with Gasteiger partial charge >= 0.3 is 7.12 Å². The van der Waals surface area contributed by atoms with Crippen LogP contribution in [0.2, 0.25) is 0 Å². The third-order valence-electron chi connectivity index (χ3n) is 5.49. The number of nitrogens with zero attached hydrogens (tertiary/aromatic N) is 3. The van der Waals surface area contributed by atoms with E-state index in [-0.39, 0.29) is 6.04 Å². The molecule has 2 aliphatic rings. The van der Waals surface area contributed by atoms with E-state index in [0.29, 0.717) is 25.5 Å². The van der Waals surface area contributed by atoms with Gasteiger partial charge in [0, 0.05) is 37.0 Å². The second kappa shape index (κ2) is 7.35. The van der Waals surface area contributed by atoms with Gasteiger partial charge in [-0.2, -0.15) is 0 Å². The van der Waals surface area contributed by atoms with Gasteiger partial charge in [-0.1, -0.05) is 0 Å². The normalized spacial score (nSPS) is 24.9. The largest absolute Gasteiger partial charge is 0.498 e. The Bertz CT molecular complexity index is 668. The number of nitrogens with one attached hydrogen (secondary N) is 1. The second-order valence-electron chi connectivity index (χ2n) is 8.04. The standard InChI is InChI=1S/C17H27BN4O5/c1-16(2)17(3,4)27-18(26-16)11-7-19-15(20-8-11)21-12-5-6-22(9-12)14(25)13(24)10-23/h7-8,12-13,23-24H,5-6,9-10H2,1-4H3,(H,19,20,21)/t12-,13-/m1/s1. The first-order valence-electron chi connectivity index (χ1n) is 9.15. The summed E-state index contributed by atoms with van der Waals surface area (Å²) < 4.78 is 12.0. The number of likely N-dealkylation sites (tertiary alicyclic amines) is 1. The van der Waals surface area contributed by atoms with E-state index in [9.17, 15) is 9.90 Å². The van der Waals surface area contributed by atoms with Gasteiger partial charge in [-0.3, -0.25) is 4.79 Å². The van der Waals surface area contributed by atoms with Gasteiger partial charge in [0.1, 0.15) is 0 Å². The van der Waals surface area contributed by atoms with Crippen LogP contribution in [0.5, 0.6) is 0 Å². The van der Waals surface area contributed by atoms with Crippen molar-refractivity contribution in [2.45, 2.75) is 57.5 Å². The fourth-order valence-corrected chi connectivity index (χ4v) is 3.06. The summed E-state index contributed by atoms with van der Waals surface area (Å²) in [5.74, 6) is -0.00361. The van der Waals surface area contributed by atoms with Crippen LogP contribution in [0.25, 0.3) is 0 Å². The van der Waals surface area contributed by atoms with Gasteiger partial charge in [0.25, 0.3) is 5.91 Å². The van der Waals surface area contributed by atoms with Gasteiger partial charge in [0.2, 0.25) is 5.95 Å². The molecule has 3 N–H and O–H groups in total. The van der Waals surface area contributed by atoms with E-state index in [1.807, 2.05) is 27.7 Å². The molecule has 10 heteroatoms. The maximum Gasteiger partial charge on any atom is 0.498 e. The number of hydrogen-bond donors (Lipinski definition) is 3. The molecule has 1 amide bonds. The predicted molar refractivity (Wildman–Crippen MR) is 99.4 cm³/mol. The molecular formula is C17H27BN4O5. The molecule has 2 aliphatic heterocycles. The third kappa shape index (κ3) is 4.08. The molecule has 0 saturated carbocycles. The van der Waals surface area contributed by atoms with E-state index in [1.165, 1.54) is 4.90 Å². The molecule has 2 saturated heterocycles. The topological polar surface area (TPSA) is 117 Å². The quantitative estimate of drug-likeness (QED) is 0.567. The highest BCUT2D eigenvalue weighted by atomic mass is 16.7. The molecule has 0 aliphatic carbocycles. The Labute approximate surface area is 159 Å². The molecule has 1 aromatic rings. The summed E-state index contributed by atoms with van der Waals surface area (Å²) in [6.45, 7) is 8.33. The molecular weight excluding hydrogens is 351 g/mol. The molecule has 9 nitrogen and oxygen atoms in total. The lowest BCUT2D eigenvalue weighted by molar-refractivity contribution is -0.140. The Kier molecular flexibility index (Phi) is 5.44. The van der Waals surface area contributed by atoms with E-state index < -0.39 is 36.9 Å². The highest BCUT2D eigenvalue weighted by molar-refractivity contribution is 6.61. The minimum absolute atomic E-state index is 0.0115. The van der Waals surface area contributed by atoms with Gasteiger partial charge in [-0.05, 0) is 34.1 Å². The summed E-state index contributed by atoms with van der Waals surface area (Å²) in [5, 5.41) is 21.5. The summed E-state index contributed by atoms with van der Waals surface area (Å²) in [4.78, 5) is 22.1. The van der Waals surface area contributed by atoms with Crippen molar-refractivity contribution in [3.8, 4) is 0 Å². The van der Waals surface area contributed by atoms with Crippen LogP contribution in [0.1, 0.15) is 34.1 Å². The van der Waals surface area contributed by atoms with Gasteiger partial charge in [-0.15, -0.1) is 0 Å². The summed E-state index contributed by atoms with van der Waals surface area (Å²) in [5.41, 5.74) is -0.102. The second-order valence-corrected chi connectivity index (χ2v) is 8.04. The van der Waals surface area contributed by atoms with Crippen LogP contribution in [-0.2, 0) is 14.1 Å². The Morgan fingerprint density at radius 2 is 1.93 bits per heavy atom. The zero-order valence-corrected chi connectivity index (χ0v) is 16.2. The molecule has 0 unspecified atom stereocenters. The van der Waals surface area contributed by atoms with Crippen molar-refractivity contribution in [1.82, 2.24) is 14.9 Å². The van der Waals surface area contributed by atoms with Crippen molar-refractivity contribution in [3.63, 3.8) is 0 Å². The van der Waals surface area contributed by atoms with Crippen molar-refractivity contribution in [3.05, 3.63) is 12.4 Å². The third-order valence-corrected chi connectivity index (χ3v) is 5.49. The summed E-state index contributed by atoms with van der Waals surface area (Å²) in [6.07, 6.45) is 2.70. The number of rotatable bonds is 5. The van der Waals surface area contributed by atoms with Crippen molar-refractivity contribution >= 4 is 24.4 Å². The van der Waals surface area contributed by atoms with Crippen LogP contribution in [0, 0.1) is 0 Å². The van der Waals surface area contributed by atoms with E-state index in [2.05, 4.69) is 15.3 Å². The monoisotopic (exact) mass is 378 g/mol. The highest BCUT2D eigenvalue weighted by Crippen LogP contribution is 2.36. The molecule has 27 heavy (non-hydrogen) atoms. The first kappa shape index (κ1) is 20.0. The lowest BCUT2D eigenvalue weighted by atomic mass is 9.81. The number of hydrogen-bond acceptors (Lipinski definition) is 8. The Morgan fingerprint density at radius 3 is 2.48 bits per heavy atom. The van der Waals surface area contributed by atoms with Crippen molar-refractivity contribution < 1.29 is 24.3 Å². The summed E-state index contributed by atoms with van der Waals surface area (Å²) >= 11 is 0. The smallest absolute Gasteiger partial charge is 0.399 e. The van der Waals surface area contributed by atoms with Gasteiger partial charge in [0.15, 0.2) is 6.10 Å². The summed E-state index contributed by atoms with van der Waals surface area (Å²) in [6, 6.07) is -0.0115. The lowest BCUT2D eigenvalue weighted by Gasteiger charge is -2.32. The fraction of sp³-hybridized carbons (Fsp3) is 0.706. The van der Waals surface area contributed by atoms with E-state index in [1.54, 1.807) is 12.4 Å². The molecule has 2 fully saturated rings. The maximum atomic E-state index is 11.9.